The largest absolute Gasteiger partial charge is 0.458 e. The van der Waals surface area contributed by atoms with Gasteiger partial charge in [0.05, 0.1) is 22.3 Å². The number of hydrogen-bond acceptors (Lipinski definition) is 8. The van der Waals surface area contributed by atoms with E-state index in [-0.39, 0.29) is 22.5 Å². The first-order chi connectivity index (χ1) is 17.8. The molecule has 3 fully saturated rings. The Labute approximate surface area is 247 Å². The molecule has 202 valence electrons. The molecular formula is C26H24I2O9S. The zero-order chi connectivity index (χ0) is 27.7. The molecule has 6 atom stereocenters. The molecule has 0 radical (unpaired) electrons. The van der Waals surface area contributed by atoms with Gasteiger partial charge in [-0.3, -0.25) is 14.1 Å². The van der Waals surface area contributed by atoms with Crippen molar-refractivity contribution in [1.29, 1.82) is 0 Å². The zero-order valence-corrected chi connectivity index (χ0v) is 25.6. The molecular weight excluding hydrogens is 742 g/mol. The normalized spacial score (nSPS) is 27.5. The molecule has 0 aromatic heterocycles. The minimum Gasteiger partial charge on any atom is -0.458 e. The SMILES string of the molecule is Cc1cc(S(=O)(=O)O)c(C(C)C)cc1OC(=O)C1C2CC3C(OC(=O)C31)C2OC(=O)c1ccc(I)cc1I. The van der Waals surface area contributed by atoms with Gasteiger partial charge in [-0.15, -0.1) is 0 Å². The molecule has 2 aromatic carbocycles. The molecule has 5 rings (SSSR count). The molecule has 9 nitrogen and oxygen atoms in total. The zero-order valence-electron chi connectivity index (χ0n) is 20.5. The number of halogens is 2. The first-order valence-electron chi connectivity index (χ1n) is 12.0. The number of carbonyl (C=O) groups excluding carboxylic acids is 3. The molecule has 2 aromatic rings. The Morgan fingerprint density at radius 3 is 2.47 bits per heavy atom. The van der Waals surface area contributed by atoms with Crippen molar-refractivity contribution in [3.8, 4) is 5.75 Å². The fourth-order valence-electron chi connectivity index (χ4n) is 5.95. The number of rotatable bonds is 6. The smallest absolute Gasteiger partial charge is 0.339 e. The number of ether oxygens (including phenoxy) is 3. The van der Waals surface area contributed by atoms with Gasteiger partial charge >= 0.3 is 17.9 Å². The lowest BCUT2D eigenvalue weighted by Gasteiger charge is -2.30. The number of carbonyl (C=O) groups is 3. The first kappa shape index (κ1) is 27.8. The standard InChI is InChI=1S/C26H24I2O9S/c1-10(2)14-9-18(11(3)6-19(14)38(32,33)34)35-25(30)20-15-8-16-21(20)26(31)37-23(16)22(15)36-24(29)13-5-4-12(27)7-17(13)28/h4-7,9-10,15-16,20-23H,8H2,1-3H3,(H,32,33,34). The molecule has 1 heterocycles. The summed E-state index contributed by atoms with van der Waals surface area (Å²) >= 11 is 4.21. The summed E-state index contributed by atoms with van der Waals surface area (Å²) in [7, 11) is -4.48. The van der Waals surface area contributed by atoms with Crippen LogP contribution in [0.5, 0.6) is 5.75 Å². The van der Waals surface area contributed by atoms with Crippen LogP contribution in [0.2, 0.25) is 0 Å². The monoisotopic (exact) mass is 766 g/mol. The molecule has 38 heavy (non-hydrogen) atoms. The van der Waals surface area contributed by atoms with E-state index in [2.05, 4.69) is 45.2 Å². The van der Waals surface area contributed by atoms with Crippen LogP contribution in [0.15, 0.2) is 35.2 Å². The second kappa shape index (κ2) is 10.0. The number of fused-ring (bicyclic) bond motifs is 1. The van der Waals surface area contributed by atoms with E-state index in [4.69, 9.17) is 14.2 Å². The first-order valence-corrected chi connectivity index (χ1v) is 15.6. The fourth-order valence-corrected chi connectivity index (χ4v) is 8.69. The van der Waals surface area contributed by atoms with Crippen LogP contribution in [0.25, 0.3) is 0 Å². The number of esters is 3. The van der Waals surface area contributed by atoms with Crippen LogP contribution >= 0.6 is 45.2 Å². The van der Waals surface area contributed by atoms with Crippen molar-refractivity contribution in [3.05, 3.63) is 54.2 Å². The predicted octanol–water partition coefficient (Wildman–Crippen LogP) is 4.51. The Hall–Kier alpha value is -1.78. The lowest BCUT2D eigenvalue weighted by atomic mass is 9.78. The van der Waals surface area contributed by atoms with E-state index in [0.717, 1.165) is 7.14 Å². The lowest BCUT2D eigenvalue weighted by Crippen LogP contribution is -2.44. The maximum atomic E-state index is 13.5. The fraction of sp³-hybridized carbons (Fsp3) is 0.423. The van der Waals surface area contributed by atoms with Crippen molar-refractivity contribution in [1.82, 2.24) is 0 Å². The minimum atomic E-state index is -4.48. The van der Waals surface area contributed by atoms with Crippen LogP contribution in [0, 0.1) is 37.7 Å². The van der Waals surface area contributed by atoms with E-state index >= 15 is 0 Å². The average Bonchev–Trinajstić information content (AvgIpc) is 3.43. The van der Waals surface area contributed by atoms with Gasteiger partial charge in [0, 0.05) is 19.0 Å². The summed E-state index contributed by atoms with van der Waals surface area (Å²) in [6, 6.07) is 8.03. The van der Waals surface area contributed by atoms with Crippen molar-refractivity contribution in [2.75, 3.05) is 0 Å². The molecule has 3 aliphatic rings. The molecule has 2 aliphatic carbocycles. The van der Waals surface area contributed by atoms with Crippen molar-refractivity contribution < 1.29 is 41.6 Å². The lowest BCUT2D eigenvalue weighted by molar-refractivity contribution is -0.149. The van der Waals surface area contributed by atoms with E-state index in [1.165, 1.54) is 12.1 Å². The highest BCUT2D eigenvalue weighted by molar-refractivity contribution is 14.1. The van der Waals surface area contributed by atoms with Gasteiger partial charge in [-0.05, 0) is 106 Å². The minimum absolute atomic E-state index is 0.138. The topological polar surface area (TPSA) is 133 Å². The van der Waals surface area contributed by atoms with Crippen molar-refractivity contribution in [2.45, 2.75) is 50.2 Å². The molecule has 2 saturated carbocycles. The van der Waals surface area contributed by atoms with Gasteiger partial charge in [-0.1, -0.05) is 13.8 Å². The van der Waals surface area contributed by atoms with Crippen molar-refractivity contribution in [3.63, 3.8) is 0 Å². The maximum absolute atomic E-state index is 13.5. The molecule has 1 aliphatic heterocycles. The summed E-state index contributed by atoms with van der Waals surface area (Å²) < 4.78 is 52.3. The molecule has 6 unspecified atom stereocenters. The third-order valence-corrected chi connectivity index (χ3v) is 10.1. The van der Waals surface area contributed by atoms with Crippen LogP contribution in [-0.2, 0) is 29.2 Å². The quantitative estimate of drug-likeness (QED) is 0.195. The van der Waals surface area contributed by atoms with Crippen LogP contribution < -0.4 is 4.74 Å². The third-order valence-electron chi connectivity index (χ3n) is 7.63. The number of benzene rings is 2. The summed E-state index contributed by atoms with van der Waals surface area (Å²) in [4.78, 5) is 39.0. The Kier molecular flexibility index (Phi) is 7.31. The summed E-state index contributed by atoms with van der Waals surface area (Å²) in [6.07, 6.45) is -0.895. The van der Waals surface area contributed by atoms with Crippen LogP contribution in [0.3, 0.4) is 0 Å². The second-order valence-corrected chi connectivity index (χ2v) is 14.0. The van der Waals surface area contributed by atoms with Crippen LogP contribution in [-0.4, -0.2) is 43.1 Å². The third kappa shape index (κ3) is 4.74. The highest BCUT2D eigenvalue weighted by Crippen LogP contribution is 2.59. The molecule has 1 saturated heterocycles. The highest BCUT2D eigenvalue weighted by Gasteiger charge is 2.70. The van der Waals surface area contributed by atoms with E-state index in [1.807, 2.05) is 6.07 Å². The summed E-state index contributed by atoms with van der Waals surface area (Å²) in [5.41, 5.74) is 1.03. The van der Waals surface area contributed by atoms with Crippen LogP contribution in [0.4, 0.5) is 0 Å². The molecule has 2 bridgehead atoms. The van der Waals surface area contributed by atoms with Gasteiger partial charge < -0.3 is 14.2 Å². The van der Waals surface area contributed by atoms with Crippen molar-refractivity contribution >= 4 is 73.2 Å². The number of aryl methyl sites for hydroxylation is 1. The molecule has 0 spiro atoms. The predicted molar refractivity (Wildman–Crippen MR) is 150 cm³/mol. The van der Waals surface area contributed by atoms with Crippen molar-refractivity contribution in [2.24, 2.45) is 23.7 Å². The van der Waals surface area contributed by atoms with E-state index in [0.29, 0.717) is 23.1 Å². The van der Waals surface area contributed by atoms with Gasteiger partial charge in [0.25, 0.3) is 10.1 Å². The van der Waals surface area contributed by atoms with Gasteiger partial charge in [-0.25, -0.2) is 4.79 Å². The van der Waals surface area contributed by atoms with Gasteiger partial charge in [0.15, 0.2) is 0 Å². The summed E-state index contributed by atoms with van der Waals surface area (Å²) in [5.74, 6) is -4.14. The molecule has 0 amide bonds. The van der Waals surface area contributed by atoms with Crippen LogP contribution in [0.1, 0.15) is 47.7 Å². The van der Waals surface area contributed by atoms with E-state index < -0.39 is 58.0 Å². The van der Waals surface area contributed by atoms with E-state index in [1.54, 1.807) is 32.9 Å². The van der Waals surface area contributed by atoms with Gasteiger partial charge in [-0.2, -0.15) is 8.42 Å². The highest BCUT2D eigenvalue weighted by atomic mass is 127. The Morgan fingerprint density at radius 2 is 1.84 bits per heavy atom. The Morgan fingerprint density at radius 1 is 1.13 bits per heavy atom. The van der Waals surface area contributed by atoms with Gasteiger partial charge in [0.2, 0.25) is 0 Å². The Bertz CT molecular complexity index is 1470. The molecule has 12 heteroatoms. The summed E-state index contributed by atoms with van der Waals surface area (Å²) in [5, 5.41) is 0. The average molecular weight is 766 g/mol. The molecule has 1 N–H and O–H groups in total. The second-order valence-electron chi connectivity index (χ2n) is 10.2. The van der Waals surface area contributed by atoms with Gasteiger partial charge in [0.1, 0.15) is 18.0 Å². The Balaban J connectivity index is 1.42. The maximum Gasteiger partial charge on any atom is 0.339 e. The summed E-state index contributed by atoms with van der Waals surface area (Å²) in [6.45, 7) is 5.07. The number of hydrogen-bond donors (Lipinski definition) is 1. The van der Waals surface area contributed by atoms with E-state index in [9.17, 15) is 27.4 Å².